The molecule has 1 saturated heterocycles. The van der Waals surface area contributed by atoms with Crippen molar-refractivity contribution in [1.82, 2.24) is 10.2 Å². The van der Waals surface area contributed by atoms with Gasteiger partial charge in [0.1, 0.15) is 24.2 Å². The SMILES string of the molecule is CC1CCN(CCCCNC(=O)c2ccc(COc3ccccc3C#N)o2)CC1. The van der Waals surface area contributed by atoms with Gasteiger partial charge in [0.05, 0.1) is 5.56 Å². The summed E-state index contributed by atoms with van der Waals surface area (Å²) in [4.78, 5) is 14.8. The van der Waals surface area contributed by atoms with E-state index in [0.29, 0.717) is 23.6 Å². The highest BCUT2D eigenvalue weighted by Gasteiger charge is 2.15. The van der Waals surface area contributed by atoms with Crippen molar-refractivity contribution in [2.24, 2.45) is 5.92 Å². The van der Waals surface area contributed by atoms with Crippen LogP contribution in [0.15, 0.2) is 40.8 Å². The molecule has 0 saturated carbocycles. The van der Waals surface area contributed by atoms with Crippen LogP contribution in [0.2, 0.25) is 0 Å². The van der Waals surface area contributed by atoms with Crippen molar-refractivity contribution in [3.63, 3.8) is 0 Å². The predicted octanol–water partition coefficient (Wildman–Crippen LogP) is 3.97. The summed E-state index contributed by atoms with van der Waals surface area (Å²) in [5, 5.41) is 12.0. The fourth-order valence-corrected chi connectivity index (χ4v) is 3.45. The zero-order valence-electron chi connectivity index (χ0n) is 17.0. The van der Waals surface area contributed by atoms with Crippen molar-refractivity contribution in [2.45, 2.75) is 39.2 Å². The van der Waals surface area contributed by atoms with Gasteiger partial charge in [-0.25, -0.2) is 0 Å². The van der Waals surface area contributed by atoms with Gasteiger partial charge in [-0.1, -0.05) is 19.1 Å². The number of hydrogen-bond acceptors (Lipinski definition) is 5. The van der Waals surface area contributed by atoms with Gasteiger partial charge in [0.25, 0.3) is 5.91 Å². The van der Waals surface area contributed by atoms with Crippen molar-refractivity contribution >= 4 is 5.91 Å². The average Bonchev–Trinajstić information content (AvgIpc) is 3.22. The second kappa shape index (κ2) is 10.7. The number of likely N-dealkylation sites (tertiary alicyclic amines) is 1. The minimum absolute atomic E-state index is 0.167. The third kappa shape index (κ3) is 6.37. The lowest BCUT2D eigenvalue weighted by Crippen LogP contribution is -2.34. The average molecular weight is 396 g/mol. The zero-order chi connectivity index (χ0) is 20.5. The molecule has 1 N–H and O–H groups in total. The number of furan rings is 1. The molecule has 2 heterocycles. The minimum Gasteiger partial charge on any atom is -0.484 e. The van der Waals surface area contributed by atoms with Gasteiger partial charge in [-0.05, 0) is 75.5 Å². The maximum absolute atomic E-state index is 12.2. The Morgan fingerprint density at radius 1 is 1.24 bits per heavy atom. The number of nitriles is 1. The Bertz CT molecular complexity index is 832. The molecule has 1 amide bonds. The molecule has 0 spiro atoms. The molecule has 3 rings (SSSR count). The summed E-state index contributed by atoms with van der Waals surface area (Å²) in [7, 11) is 0. The molecule has 1 aromatic heterocycles. The molecule has 0 radical (unpaired) electrons. The second-order valence-electron chi connectivity index (χ2n) is 7.65. The lowest BCUT2D eigenvalue weighted by Gasteiger charge is -2.30. The number of nitrogens with one attached hydrogen (secondary N) is 1. The van der Waals surface area contributed by atoms with Crippen LogP contribution in [-0.4, -0.2) is 37.0 Å². The summed E-state index contributed by atoms with van der Waals surface area (Å²) >= 11 is 0. The lowest BCUT2D eigenvalue weighted by molar-refractivity contribution is 0.0920. The van der Waals surface area contributed by atoms with E-state index in [1.54, 1.807) is 30.3 Å². The molecule has 0 bridgehead atoms. The first kappa shape index (κ1) is 20.9. The predicted molar refractivity (Wildman–Crippen MR) is 111 cm³/mol. The van der Waals surface area contributed by atoms with Crippen LogP contribution >= 0.6 is 0 Å². The molecule has 0 aliphatic carbocycles. The molecule has 0 atom stereocenters. The van der Waals surface area contributed by atoms with E-state index in [0.717, 1.165) is 25.3 Å². The van der Waals surface area contributed by atoms with Crippen LogP contribution in [-0.2, 0) is 6.61 Å². The first-order valence-corrected chi connectivity index (χ1v) is 10.4. The number of unbranched alkanes of at least 4 members (excludes halogenated alkanes) is 1. The Labute approximate surface area is 172 Å². The van der Waals surface area contributed by atoms with Gasteiger partial charge in [-0.3, -0.25) is 4.79 Å². The Kier molecular flexibility index (Phi) is 7.71. The molecule has 154 valence electrons. The molecule has 29 heavy (non-hydrogen) atoms. The van der Waals surface area contributed by atoms with Crippen molar-refractivity contribution in [3.05, 3.63) is 53.5 Å². The quantitative estimate of drug-likeness (QED) is 0.650. The van der Waals surface area contributed by atoms with Gasteiger partial charge in [0, 0.05) is 6.54 Å². The molecule has 2 aromatic rings. The maximum Gasteiger partial charge on any atom is 0.286 e. The number of benzene rings is 1. The number of piperidine rings is 1. The molecular weight excluding hydrogens is 366 g/mol. The Morgan fingerprint density at radius 2 is 2.03 bits per heavy atom. The highest BCUT2D eigenvalue weighted by molar-refractivity contribution is 5.91. The van der Waals surface area contributed by atoms with Gasteiger partial charge < -0.3 is 19.4 Å². The van der Waals surface area contributed by atoms with Crippen LogP contribution in [0.4, 0.5) is 0 Å². The smallest absolute Gasteiger partial charge is 0.286 e. The van der Waals surface area contributed by atoms with E-state index in [2.05, 4.69) is 23.2 Å². The monoisotopic (exact) mass is 395 g/mol. The van der Waals surface area contributed by atoms with Crippen molar-refractivity contribution in [1.29, 1.82) is 5.26 Å². The van der Waals surface area contributed by atoms with Gasteiger partial charge in [-0.2, -0.15) is 5.26 Å². The first-order chi connectivity index (χ1) is 14.2. The topological polar surface area (TPSA) is 78.5 Å². The summed E-state index contributed by atoms with van der Waals surface area (Å²) < 4.78 is 11.2. The van der Waals surface area contributed by atoms with Crippen LogP contribution in [0.5, 0.6) is 5.75 Å². The number of hydrogen-bond donors (Lipinski definition) is 1. The fraction of sp³-hybridized carbons (Fsp3) is 0.478. The Balaban J connectivity index is 1.35. The van der Waals surface area contributed by atoms with Crippen molar-refractivity contribution in [3.8, 4) is 11.8 Å². The van der Waals surface area contributed by atoms with E-state index in [1.807, 2.05) is 6.07 Å². The third-order valence-corrected chi connectivity index (χ3v) is 5.33. The molecular formula is C23H29N3O3. The van der Waals surface area contributed by atoms with Crippen LogP contribution in [0.1, 0.15) is 54.5 Å². The molecule has 1 aliphatic heterocycles. The highest BCUT2D eigenvalue weighted by Crippen LogP contribution is 2.19. The van der Waals surface area contributed by atoms with Gasteiger partial charge in [-0.15, -0.1) is 0 Å². The number of carbonyl (C=O) groups is 1. The number of para-hydroxylation sites is 1. The molecule has 0 unspecified atom stereocenters. The summed E-state index contributed by atoms with van der Waals surface area (Å²) in [6.45, 7) is 6.64. The maximum atomic E-state index is 12.2. The van der Waals surface area contributed by atoms with Crippen LogP contribution in [0.25, 0.3) is 0 Å². The van der Waals surface area contributed by atoms with Gasteiger partial charge >= 0.3 is 0 Å². The number of carbonyl (C=O) groups excluding carboxylic acids is 1. The van der Waals surface area contributed by atoms with Gasteiger partial charge in [0.2, 0.25) is 0 Å². The standard InChI is InChI=1S/C23H29N3O3/c1-18-10-14-26(15-11-18)13-5-4-12-25-23(27)22-9-8-20(29-22)17-28-21-7-3-2-6-19(21)16-24/h2-3,6-9,18H,4-5,10-15,17H2,1H3,(H,25,27). The lowest BCUT2D eigenvalue weighted by atomic mass is 9.99. The summed E-state index contributed by atoms with van der Waals surface area (Å²) in [5.74, 6) is 1.97. The number of rotatable bonds is 9. The summed E-state index contributed by atoms with van der Waals surface area (Å²) in [6, 6.07) is 12.5. The van der Waals surface area contributed by atoms with Crippen LogP contribution in [0, 0.1) is 17.2 Å². The van der Waals surface area contributed by atoms with Crippen LogP contribution in [0.3, 0.4) is 0 Å². The highest BCUT2D eigenvalue weighted by atomic mass is 16.5. The van der Waals surface area contributed by atoms with Crippen LogP contribution < -0.4 is 10.1 Å². The van der Waals surface area contributed by atoms with E-state index in [1.165, 1.54) is 25.9 Å². The zero-order valence-corrected chi connectivity index (χ0v) is 17.0. The fourth-order valence-electron chi connectivity index (χ4n) is 3.45. The second-order valence-corrected chi connectivity index (χ2v) is 7.65. The number of ether oxygens (including phenoxy) is 1. The minimum atomic E-state index is -0.208. The van der Waals surface area contributed by atoms with E-state index < -0.39 is 0 Å². The van der Waals surface area contributed by atoms with Gasteiger partial charge in [0.15, 0.2) is 5.76 Å². The molecule has 1 fully saturated rings. The molecule has 1 aromatic carbocycles. The normalized spacial score (nSPS) is 15.0. The van der Waals surface area contributed by atoms with E-state index >= 15 is 0 Å². The Morgan fingerprint density at radius 3 is 2.83 bits per heavy atom. The third-order valence-electron chi connectivity index (χ3n) is 5.33. The number of amides is 1. The summed E-state index contributed by atoms with van der Waals surface area (Å²) in [6.07, 6.45) is 4.64. The van der Waals surface area contributed by atoms with E-state index in [9.17, 15) is 4.79 Å². The molecule has 1 aliphatic rings. The largest absolute Gasteiger partial charge is 0.484 e. The molecule has 6 heteroatoms. The summed E-state index contributed by atoms with van der Waals surface area (Å²) in [5.41, 5.74) is 0.469. The molecule has 6 nitrogen and oxygen atoms in total. The van der Waals surface area contributed by atoms with Crippen molar-refractivity contribution in [2.75, 3.05) is 26.2 Å². The van der Waals surface area contributed by atoms with E-state index in [-0.39, 0.29) is 18.3 Å². The number of nitrogens with zero attached hydrogens (tertiary/aromatic N) is 2. The Hall–Kier alpha value is -2.78. The van der Waals surface area contributed by atoms with Crippen molar-refractivity contribution < 1.29 is 13.9 Å². The first-order valence-electron chi connectivity index (χ1n) is 10.4. The van der Waals surface area contributed by atoms with E-state index in [4.69, 9.17) is 14.4 Å².